The van der Waals surface area contributed by atoms with Crippen LogP contribution in [0.3, 0.4) is 0 Å². The molecule has 2 nitrogen and oxygen atoms in total. The van der Waals surface area contributed by atoms with Gasteiger partial charge in [0.2, 0.25) is 5.91 Å². The van der Waals surface area contributed by atoms with Crippen molar-refractivity contribution in [2.75, 3.05) is 6.26 Å². The second-order valence-electron chi connectivity index (χ2n) is 3.90. The lowest BCUT2D eigenvalue weighted by Gasteiger charge is -1.99. The van der Waals surface area contributed by atoms with E-state index in [1.165, 1.54) is 4.90 Å². The topological polar surface area (TPSA) is 29.1 Å². The van der Waals surface area contributed by atoms with Gasteiger partial charge in [0.25, 0.3) is 0 Å². The van der Waals surface area contributed by atoms with Crippen LogP contribution in [0.2, 0.25) is 0 Å². The van der Waals surface area contributed by atoms with Crippen molar-refractivity contribution in [3.8, 4) is 0 Å². The fourth-order valence-electron chi connectivity index (χ4n) is 1.53. The predicted octanol–water partition coefficient (Wildman–Crippen LogP) is 3.80. The van der Waals surface area contributed by atoms with E-state index in [0.29, 0.717) is 6.54 Å². The van der Waals surface area contributed by atoms with Gasteiger partial charge in [-0.3, -0.25) is 4.79 Å². The van der Waals surface area contributed by atoms with Gasteiger partial charge in [0.1, 0.15) is 0 Å². The monoisotopic (exact) mass is 289 g/mol. The predicted molar refractivity (Wildman–Crippen MR) is 83.4 cm³/mol. The lowest BCUT2D eigenvalue weighted by molar-refractivity contribution is -0.116. The number of nitrogens with one attached hydrogen (secondary N) is 1. The third kappa shape index (κ3) is 4.58. The SMILES string of the molecule is CSc1ccc(/C=C/C(=O)NCc2cccs2)cc1. The van der Waals surface area contributed by atoms with E-state index in [9.17, 15) is 4.79 Å². The van der Waals surface area contributed by atoms with Gasteiger partial charge in [0.15, 0.2) is 0 Å². The molecular formula is C15H15NOS2. The first-order valence-electron chi connectivity index (χ1n) is 5.90. The van der Waals surface area contributed by atoms with Crippen LogP contribution in [0.4, 0.5) is 0 Å². The van der Waals surface area contributed by atoms with Crippen LogP contribution in [0.1, 0.15) is 10.4 Å². The number of thiophene rings is 1. The largest absolute Gasteiger partial charge is 0.348 e. The average Bonchev–Trinajstić information content (AvgIpc) is 2.96. The van der Waals surface area contributed by atoms with Gasteiger partial charge in [0.05, 0.1) is 6.54 Å². The van der Waals surface area contributed by atoms with E-state index in [0.717, 1.165) is 10.4 Å². The lowest BCUT2D eigenvalue weighted by atomic mass is 10.2. The van der Waals surface area contributed by atoms with E-state index in [1.807, 2.05) is 54.1 Å². The molecule has 1 aromatic carbocycles. The van der Waals surface area contributed by atoms with E-state index in [4.69, 9.17) is 0 Å². The van der Waals surface area contributed by atoms with Crippen LogP contribution >= 0.6 is 23.1 Å². The molecule has 2 aromatic rings. The molecule has 0 fully saturated rings. The minimum Gasteiger partial charge on any atom is -0.348 e. The van der Waals surface area contributed by atoms with Gasteiger partial charge < -0.3 is 5.32 Å². The molecule has 0 unspecified atom stereocenters. The maximum Gasteiger partial charge on any atom is 0.244 e. The average molecular weight is 289 g/mol. The normalized spacial score (nSPS) is 10.8. The Labute approximate surface area is 121 Å². The Morgan fingerprint density at radius 3 is 2.74 bits per heavy atom. The molecule has 2 rings (SSSR count). The van der Waals surface area contributed by atoms with E-state index in [-0.39, 0.29) is 5.91 Å². The van der Waals surface area contributed by atoms with Crippen LogP contribution in [-0.4, -0.2) is 12.2 Å². The van der Waals surface area contributed by atoms with Gasteiger partial charge in [-0.15, -0.1) is 23.1 Å². The Kier molecular flexibility index (Phi) is 5.24. The first kappa shape index (κ1) is 13.9. The Bertz CT molecular complexity index is 544. The molecule has 98 valence electrons. The molecule has 0 aliphatic heterocycles. The molecule has 0 aliphatic rings. The number of rotatable bonds is 5. The molecule has 1 heterocycles. The molecule has 4 heteroatoms. The smallest absolute Gasteiger partial charge is 0.244 e. The van der Waals surface area contributed by atoms with Crippen LogP contribution < -0.4 is 5.32 Å². The molecule has 0 saturated heterocycles. The van der Waals surface area contributed by atoms with Crippen molar-refractivity contribution in [3.05, 3.63) is 58.3 Å². The van der Waals surface area contributed by atoms with Gasteiger partial charge >= 0.3 is 0 Å². The number of hydrogen-bond donors (Lipinski definition) is 1. The number of amides is 1. The molecule has 0 bridgehead atoms. The number of benzene rings is 1. The van der Waals surface area contributed by atoms with Crippen molar-refractivity contribution >= 4 is 35.1 Å². The minimum absolute atomic E-state index is 0.0673. The summed E-state index contributed by atoms with van der Waals surface area (Å²) in [6.07, 6.45) is 5.44. The number of thioether (sulfide) groups is 1. The second-order valence-corrected chi connectivity index (χ2v) is 5.82. The Hall–Kier alpha value is -1.52. The number of carbonyl (C=O) groups excluding carboxylic acids is 1. The van der Waals surface area contributed by atoms with Gasteiger partial charge in [-0.2, -0.15) is 0 Å². The van der Waals surface area contributed by atoms with Crippen molar-refractivity contribution in [2.45, 2.75) is 11.4 Å². The molecule has 1 aromatic heterocycles. The summed E-state index contributed by atoms with van der Waals surface area (Å²) < 4.78 is 0. The highest BCUT2D eigenvalue weighted by molar-refractivity contribution is 7.98. The number of hydrogen-bond acceptors (Lipinski definition) is 3. The van der Waals surface area contributed by atoms with Gasteiger partial charge in [0, 0.05) is 15.8 Å². The second kappa shape index (κ2) is 7.16. The quantitative estimate of drug-likeness (QED) is 0.670. The van der Waals surface area contributed by atoms with Crippen molar-refractivity contribution in [1.82, 2.24) is 5.32 Å². The zero-order valence-corrected chi connectivity index (χ0v) is 12.3. The van der Waals surface area contributed by atoms with Crippen molar-refractivity contribution in [1.29, 1.82) is 0 Å². The third-order valence-corrected chi connectivity index (χ3v) is 4.18. The summed E-state index contributed by atoms with van der Waals surface area (Å²) in [5, 5.41) is 4.86. The summed E-state index contributed by atoms with van der Waals surface area (Å²) in [5.74, 6) is -0.0673. The standard InChI is InChI=1S/C15H15NOS2/c1-18-13-7-4-12(5-8-13)6-9-15(17)16-11-14-3-2-10-19-14/h2-10H,11H2,1H3,(H,16,17)/b9-6+. The highest BCUT2D eigenvalue weighted by atomic mass is 32.2. The van der Waals surface area contributed by atoms with Crippen LogP contribution in [0.25, 0.3) is 6.08 Å². The molecule has 0 saturated carbocycles. The lowest BCUT2D eigenvalue weighted by Crippen LogP contribution is -2.19. The van der Waals surface area contributed by atoms with Crippen molar-refractivity contribution < 1.29 is 4.79 Å². The first-order chi connectivity index (χ1) is 9.28. The zero-order valence-electron chi connectivity index (χ0n) is 10.6. The summed E-state index contributed by atoms with van der Waals surface area (Å²) in [6, 6.07) is 12.1. The Morgan fingerprint density at radius 1 is 1.32 bits per heavy atom. The summed E-state index contributed by atoms with van der Waals surface area (Å²) >= 11 is 3.35. The van der Waals surface area contributed by atoms with Gasteiger partial charge in [-0.1, -0.05) is 18.2 Å². The van der Waals surface area contributed by atoms with E-state index in [1.54, 1.807) is 29.2 Å². The molecule has 0 spiro atoms. The van der Waals surface area contributed by atoms with E-state index < -0.39 is 0 Å². The van der Waals surface area contributed by atoms with Crippen LogP contribution in [0.15, 0.2) is 52.7 Å². The summed E-state index contributed by atoms with van der Waals surface area (Å²) in [4.78, 5) is 14.0. The van der Waals surface area contributed by atoms with Gasteiger partial charge in [-0.05, 0) is 41.5 Å². The summed E-state index contributed by atoms with van der Waals surface area (Å²) in [5.41, 5.74) is 1.03. The highest BCUT2D eigenvalue weighted by Crippen LogP contribution is 2.15. The Morgan fingerprint density at radius 2 is 2.11 bits per heavy atom. The molecule has 1 N–H and O–H groups in total. The summed E-state index contributed by atoms with van der Waals surface area (Å²) in [7, 11) is 0. The molecule has 0 atom stereocenters. The van der Waals surface area contributed by atoms with Crippen LogP contribution in [0, 0.1) is 0 Å². The molecular weight excluding hydrogens is 274 g/mol. The molecule has 0 radical (unpaired) electrons. The minimum atomic E-state index is -0.0673. The summed E-state index contributed by atoms with van der Waals surface area (Å²) in [6.45, 7) is 0.590. The number of carbonyl (C=O) groups is 1. The van der Waals surface area contributed by atoms with E-state index >= 15 is 0 Å². The van der Waals surface area contributed by atoms with E-state index in [2.05, 4.69) is 5.32 Å². The fraction of sp³-hybridized carbons (Fsp3) is 0.133. The Balaban J connectivity index is 1.85. The van der Waals surface area contributed by atoms with Crippen molar-refractivity contribution in [2.24, 2.45) is 0 Å². The maximum absolute atomic E-state index is 11.6. The molecule has 1 amide bonds. The molecule has 0 aliphatic carbocycles. The van der Waals surface area contributed by atoms with Crippen LogP contribution in [-0.2, 0) is 11.3 Å². The zero-order chi connectivity index (χ0) is 13.5. The van der Waals surface area contributed by atoms with Crippen molar-refractivity contribution in [3.63, 3.8) is 0 Å². The third-order valence-electron chi connectivity index (χ3n) is 2.56. The van der Waals surface area contributed by atoms with Crippen LogP contribution in [0.5, 0.6) is 0 Å². The van der Waals surface area contributed by atoms with Gasteiger partial charge in [-0.25, -0.2) is 0 Å². The highest BCUT2D eigenvalue weighted by Gasteiger charge is 1.97. The fourth-order valence-corrected chi connectivity index (χ4v) is 2.59. The maximum atomic E-state index is 11.6. The molecule has 19 heavy (non-hydrogen) atoms. The first-order valence-corrected chi connectivity index (χ1v) is 8.01.